The Morgan fingerprint density at radius 1 is 1.04 bits per heavy atom. The summed E-state index contributed by atoms with van der Waals surface area (Å²) in [6.07, 6.45) is 0.652. The van der Waals surface area contributed by atoms with E-state index in [1.165, 1.54) is 0 Å². The van der Waals surface area contributed by atoms with Gasteiger partial charge in [0.15, 0.2) is 0 Å². The summed E-state index contributed by atoms with van der Waals surface area (Å²) < 4.78 is 32.4. The second-order valence-electron chi connectivity index (χ2n) is 5.61. The highest BCUT2D eigenvalue weighted by molar-refractivity contribution is 7.92. The first-order valence-electron chi connectivity index (χ1n) is 8.23. The topological polar surface area (TPSA) is 63.7 Å². The molecular weight excluding hydrogens is 338 g/mol. The van der Waals surface area contributed by atoms with Crippen LogP contribution in [0.3, 0.4) is 0 Å². The maximum absolute atomic E-state index is 13.2. The van der Waals surface area contributed by atoms with E-state index >= 15 is 0 Å². The molecule has 0 atom stereocenters. The van der Waals surface area contributed by atoms with Crippen molar-refractivity contribution in [1.82, 2.24) is 0 Å². The summed E-state index contributed by atoms with van der Waals surface area (Å²) in [5, 5.41) is 0. The molecule has 6 heteroatoms. The first kappa shape index (κ1) is 19.0. The Bertz CT molecular complexity index is 829. The molecule has 2 rings (SSSR count). The molecule has 0 radical (unpaired) electrons. The fourth-order valence-corrected chi connectivity index (χ4v) is 3.96. The predicted molar refractivity (Wildman–Crippen MR) is 98.2 cm³/mol. The highest BCUT2D eigenvalue weighted by Crippen LogP contribution is 2.27. The largest absolute Gasteiger partial charge is 0.465 e. The van der Waals surface area contributed by atoms with Crippen LogP contribution in [0.5, 0.6) is 0 Å². The smallest absolute Gasteiger partial charge is 0.326 e. The van der Waals surface area contributed by atoms with Gasteiger partial charge in [0.1, 0.15) is 6.54 Å². The lowest BCUT2D eigenvalue weighted by Gasteiger charge is -2.25. The summed E-state index contributed by atoms with van der Waals surface area (Å²) in [6, 6.07) is 13.8. The average molecular weight is 361 g/mol. The zero-order chi connectivity index (χ0) is 18.4. The predicted octanol–water partition coefficient (Wildman–Crippen LogP) is 3.32. The van der Waals surface area contributed by atoms with Gasteiger partial charge in [0.05, 0.1) is 17.2 Å². The molecule has 134 valence electrons. The lowest BCUT2D eigenvalue weighted by Crippen LogP contribution is -2.37. The summed E-state index contributed by atoms with van der Waals surface area (Å²) in [5.74, 6) is -0.580. The van der Waals surface area contributed by atoms with Crippen molar-refractivity contribution in [3.05, 3.63) is 59.7 Å². The van der Waals surface area contributed by atoms with Crippen molar-refractivity contribution in [3.63, 3.8) is 0 Å². The van der Waals surface area contributed by atoms with E-state index in [0.29, 0.717) is 12.1 Å². The monoisotopic (exact) mass is 361 g/mol. The number of benzene rings is 2. The molecule has 0 amide bonds. The maximum atomic E-state index is 13.2. The van der Waals surface area contributed by atoms with Gasteiger partial charge in [-0.3, -0.25) is 9.10 Å². The van der Waals surface area contributed by atoms with Crippen molar-refractivity contribution in [2.24, 2.45) is 0 Å². The minimum Gasteiger partial charge on any atom is -0.465 e. The number of carbonyl (C=O) groups is 1. The number of esters is 1. The Morgan fingerprint density at radius 2 is 1.68 bits per heavy atom. The fraction of sp³-hybridized carbons (Fsp3) is 0.316. The standard InChI is InChI=1S/C19H23NO4S/c1-4-16-8-6-7-9-18(16)20(14-19(21)24-5-2)25(22,23)17-12-10-15(3)11-13-17/h6-13H,4-5,14H2,1-3H3. The minimum absolute atomic E-state index is 0.147. The molecule has 2 aromatic carbocycles. The minimum atomic E-state index is -3.88. The Hall–Kier alpha value is -2.34. The van der Waals surface area contributed by atoms with Crippen molar-refractivity contribution in [3.8, 4) is 0 Å². The van der Waals surface area contributed by atoms with Crippen LogP contribution in [0, 0.1) is 6.92 Å². The number of hydrogen-bond acceptors (Lipinski definition) is 4. The van der Waals surface area contributed by atoms with Crippen molar-refractivity contribution in [2.75, 3.05) is 17.5 Å². The van der Waals surface area contributed by atoms with Crippen LogP contribution in [0.25, 0.3) is 0 Å². The quantitative estimate of drug-likeness (QED) is 0.710. The Labute approximate surface area is 149 Å². The number of anilines is 1. The van der Waals surface area contributed by atoms with Crippen LogP contribution in [-0.4, -0.2) is 27.5 Å². The van der Waals surface area contributed by atoms with E-state index in [-0.39, 0.29) is 18.0 Å². The average Bonchev–Trinajstić information content (AvgIpc) is 2.60. The molecule has 0 spiro atoms. The SMILES string of the molecule is CCOC(=O)CN(c1ccccc1CC)S(=O)(=O)c1ccc(C)cc1. The summed E-state index contributed by atoms with van der Waals surface area (Å²) >= 11 is 0. The molecule has 0 unspecified atom stereocenters. The van der Waals surface area contributed by atoms with E-state index in [1.807, 2.05) is 26.0 Å². The van der Waals surface area contributed by atoms with Crippen LogP contribution in [0.15, 0.2) is 53.4 Å². The number of nitrogens with zero attached hydrogens (tertiary/aromatic N) is 1. The molecule has 2 aromatic rings. The van der Waals surface area contributed by atoms with Crippen LogP contribution in [0.4, 0.5) is 5.69 Å². The van der Waals surface area contributed by atoms with Gasteiger partial charge in [-0.1, -0.05) is 42.8 Å². The zero-order valence-corrected chi connectivity index (χ0v) is 15.5. The van der Waals surface area contributed by atoms with E-state index in [9.17, 15) is 13.2 Å². The van der Waals surface area contributed by atoms with E-state index < -0.39 is 16.0 Å². The molecule has 5 nitrogen and oxygen atoms in total. The van der Waals surface area contributed by atoms with Crippen molar-refractivity contribution in [1.29, 1.82) is 0 Å². The number of ether oxygens (including phenoxy) is 1. The van der Waals surface area contributed by atoms with Gasteiger partial charge in [-0.15, -0.1) is 0 Å². The molecular formula is C19H23NO4S. The van der Waals surface area contributed by atoms with Gasteiger partial charge < -0.3 is 4.74 Å². The number of hydrogen-bond donors (Lipinski definition) is 0. The first-order valence-corrected chi connectivity index (χ1v) is 9.67. The number of aryl methyl sites for hydroxylation is 2. The van der Waals surface area contributed by atoms with Gasteiger partial charge in [-0.05, 0) is 44.0 Å². The Morgan fingerprint density at radius 3 is 2.28 bits per heavy atom. The van der Waals surface area contributed by atoms with Gasteiger partial charge in [-0.2, -0.15) is 0 Å². The molecule has 0 heterocycles. The fourth-order valence-electron chi connectivity index (χ4n) is 2.51. The second kappa shape index (κ2) is 8.16. The highest BCUT2D eigenvalue weighted by atomic mass is 32.2. The third-order valence-corrected chi connectivity index (χ3v) is 5.60. The number of carbonyl (C=O) groups excluding carboxylic acids is 1. The van der Waals surface area contributed by atoms with Gasteiger partial charge in [0.25, 0.3) is 10.0 Å². The summed E-state index contributed by atoms with van der Waals surface area (Å²) in [6.45, 7) is 5.36. The molecule has 25 heavy (non-hydrogen) atoms. The maximum Gasteiger partial charge on any atom is 0.326 e. The molecule has 0 aliphatic heterocycles. The molecule has 0 aromatic heterocycles. The van der Waals surface area contributed by atoms with E-state index in [1.54, 1.807) is 43.3 Å². The van der Waals surface area contributed by atoms with Gasteiger partial charge in [0, 0.05) is 0 Å². The lowest BCUT2D eigenvalue weighted by molar-refractivity contribution is -0.141. The molecule has 0 fully saturated rings. The zero-order valence-electron chi connectivity index (χ0n) is 14.7. The summed E-state index contributed by atoms with van der Waals surface area (Å²) in [5.41, 5.74) is 2.31. The van der Waals surface area contributed by atoms with Crippen LogP contribution < -0.4 is 4.31 Å². The molecule has 0 saturated carbocycles. The van der Waals surface area contributed by atoms with Crippen LogP contribution in [-0.2, 0) is 26.0 Å². The second-order valence-corrected chi connectivity index (χ2v) is 7.47. The van der Waals surface area contributed by atoms with E-state index in [2.05, 4.69) is 0 Å². The van der Waals surface area contributed by atoms with E-state index in [4.69, 9.17) is 4.74 Å². The normalized spacial score (nSPS) is 11.2. The van der Waals surface area contributed by atoms with Gasteiger partial charge in [-0.25, -0.2) is 8.42 Å². The van der Waals surface area contributed by atoms with Crippen LogP contribution in [0.1, 0.15) is 25.0 Å². The number of sulfonamides is 1. The molecule has 0 saturated heterocycles. The van der Waals surface area contributed by atoms with Gasteiger partial charge in [0.2, 0.25) is 0 Å². The summed E-state index contributed by atoms with van der Waals surface area (Å²) in [7, 11) is -3.88. The molecule has 0 bridgehead atoms. The molecule has 0 N–H and O–H groups in total. The molecule has 0 aliphatic rings. The lowest BCUT2D eigenvalue weighted by atomic mass is 10.1. The van der Waals surface area contributed by atoms with Crippen molar-refractivity contribution in [2.45, 2.75) is 32.1 Å². The Balaban J connectivity index is 2.54. The first-order chi connectivity index (χ1) is 11.9. The number of rotatable bonds is 7. The summed E-state index contributed by atoms with van der Waals surface area (Å²) in [4.78, 5) is 12.2. The van der Waals surface area contributed by atoms with Crippen LogP contribution in [0.2, 0.25) is 0 Å². The van der Waals surface area contributed by atoms with Crippen molar-refractivity contribution >= 4 is 21.7 Å². The van der Waals surface area contributed by atoms with Gasteiger partial charge >= 0.3 is 5.97 Å². The third kappa shape index (κ3) is 4.39. The molecule has 0 aliphatic carbocycles. The Kier molecular flexibility index (Phi) is 6.20. The van der Waals surface area contributed by atoms with Crippen LogP contribution >= 0.6 is 0 Å². The third-order valence-electron chi connectivity index (χ3n) is 3.83. The number of para-hydroxylation sites is 1. The highest BCUT2D eigenvalue weighted by Gasteiger charge is 2.28. The van der Waals surface area contributed by atoms with E-state index in [0.717, 1.165) is 15.4 Å². The van der Waals surface area contributed by atoms with Crippen molar-refractivity contribution < 1.29 is 17.9 Å².